The van der Waals surface area contributed by atoms with Crippen molar-refractivity contribution in [1.82, 2.24) is 0 Å². The number of hydrogen-bond acceptors (Lipinski definition) is 3. The van der Waals surface area contributed by atoms with Gasteiger partial charge < -0.3 is 4.74 Å². The van der Waals surface area contributed by atoms with Crippen molar-refractivity contribution in [3.05, 3.63) is 76.8 Å². The molecule has 106 valence electrons. The average Bonchev–Trinajstić information content (AvgIpc) is 2.47. The SMILES string of the molecule is C=C(C)C(=O)Oc1ccccc1C(=O)c1ccccc1Cl. The summed E-state index contributed by atoms with van der Waals surface area (Å²) in [4.78, 5) is 24.2. The Kier molecular flexibility index (Phi) is 4.55. The number of carbonyl (C=O) groups is 2. The molecule has 0 bridgehead atoms. The minimum Gasteiger partial charge on any atom is -0.422 e. The molecule has 4 heteroatoms. The highest BCUT2D eigenvalue weighted by molar-refractivity contribution is 6.35. The maximum absolute atomic E-state index is 12.5. The number of hydrogen-bond donors (Lipinski definition) is 0. The van der Waals surface area contributed by atoms with Crippen LogP contribution in [0.1, 0.15) is 22.8 Å². The largest absolute Gasteiger partial charge is 0.422 e. The summed E-state index contributed by atoms with van der Waals surface area (Å²) in [5.41, 5.74) is 0.896. The number of carbonyl (C=O) groups excluding carboxylic acids is 2. The molecule has 2 aromatic rings. The van der Waals surface area contributed by atoms with E-state index < -0.39 is 5.97 Å². The first-order valence-corrected chi connectivity index (χ1v) is 6.64. The first-order chi connectivity index (χ1) is 10.0. The van der Waals surface area contributed by atoms with Gasteiger partial charge in [0, 0.05) is 11.1 Å². The van der Waals surface area contributed by atoms with E-state index in [1.807, 2.05) is 0 Å². The molecule has 0 aliphatic rings. The lowest BCUT2D eigenvalue weighted by Gasteiger charge is -2.10. The Morgan fingerprint density at radius 1 is 1.00 bits per heavy atom. The van der Waals surface area contributed by atoms with Crippen LogP contribution in [-0.4, -0.2) is 11.8 Å². The van der Waals surface area contributed by atoms with Crippen LogP contribution in [-0.2, 0) is 4.79 Å². The minimum absolute atomic E-state index is 0.190. The standard InChI is InChI=1S/C17H13ClO3/c1-11(2)17(20)21-15-10-6-4-8-13(15)16(19)12-7-3-5-9-14(12)18/h3-10H,1H2,2H3. The topological polar surface area (TPSA) is 43.4 Å². The van der Waals surface area contributed by atoms with Crippen molar-refractivity contribution in [2.24, 2.45) is 0 Å². The second-order valence-corrected chi connectivity index (χ2v) is 4.88. The van der Waals surface area contributed by atoms with Crippen LogP contribution in [0.3, 0.4) is 0 Å². The highest BCUT2D eigenvalue weighted by atomic mass is 35.5. The lowest BCUT2D eigenvalue weighted by molar-refractivity contribution is -0.130. The number of benzene rings is 2. The van der Waals surface area contributed by atoms with Gasteiger partial charge in [-0.2, -0.15) is 0 Å². The molecule has 0 N–H and O–H groups in total. The Bertz CT molecular complexity index is 719. The van der Waals surface area contributed by atoms with Crippen molar-refractivity contribution >= 4 is 23.4 Å². The van der Waals surface area contributed by atoms with E-state index in [0.717, 1.165) is 0 Å². The molecule has 0 heterocycles. The van der Waals surface area contributed by atoms with Crippen LogP contribution in [0.5, 0.6) is 5.75 Å². The van der Waals surface area contributed by atoms with Crippen LogP contribution in [0.2, 0.25) is 5.02 Å². The van der Waals surface area contributed by atoms with E-state index in [2.05, 4.69) is 6.58 Å². The van der Waals surface area contributed by atoms with Gasteiger partial charge in [-0.05, 0) is 31.2 Å². The van der Waals surface area contributed by atoms with E-state index in [1.54, 1.807) is 55.5 Å². The number of halogens is 1. The van der Waals surface area contributed by atoms with E-state index in [-0.39, 0.29) is 22.7 Å². The van der Waals surface area contributed by atoms with Gasteiger partial charge in [0.1, 0.15) is 5.75 Å². The van der Waals surface area contributed by atoms with Crippen molar-refractivity contribution in [3.8, 4) is 5.75 Å². The monoisotopic (exact) mass is 300 g/mol. The van der Waals surface area contributed by atoms with Gasteiger partial charge in [-0.3, -0.25) is 4.79 Å². The van der Waals surface area contributed by atoms with Gasteiger partial charge in [0.15, 0.2) is 5.78 Å². The zero-order chi connectivity index (χ0) is 15.4. The van der Waals surface area contributed by atoms with Crippen LogP contribution in [0, 0.1) is 0 Å². The lowest BCUT2D eigenvalue weighted by Crippen LogP contribution is -2.12. The van der Waals surface area contributed by atoms with Gasteiger partial charge in [-0.15, -0.1) is 0 Å². The van der Waals surface area contributed by atoms with E-state index in [1.165, 1.54) is 0 Å². The number of para-hydroxylation sites is 1. The molecule has 0 aromatic heterocycles. The van der Waals surface area contributed by atoms with Crippen LogP contribution < -0.4 is 4.74 Å². The molecule has 0 aliphatic carbocycles. The fraction of sp³-hybridized carbons (Fsp3) is 0.0588. The second-order valence-electron chi connectivity index (χ2n) is 4.47. The maximum Gasteiger partial charge on any atom is 0.338 e. The third-order valence-electron chi connectivity index (χ3n) is 2.80. The molecule has 0 atom stereocenters. The molecule has 2 aromatic carbocycles. The van der Waals surface area contributed by atoms with Gasteiger partial charge in [0.2, 0.25) is 0 Å². The molecular formula is C17H13ClO3. The molecule has 0 aliphatic heterocycles. The molecule has 0 saturated heterocycles. The summed E-state index contributed by atoms with van der Waals surface area (Å²) in [6, 6.07) is 13.3. The van der Waals surface area contributed by atoms with Gasteiger partial charge >= 0.3 is 5.97 Å². The summed E-state index contributed by atoms with van der Waals surface area (Å²) >= 11 is 6.03. The zero-order valence-electron chi connectivity index (χ0n) is 11.4. The Hall–Kier alpha value is -2.39. The van der Waals surface area contributed by atoms with Gasteiger partial charge in [0.25, 0.3) is 0 Å². The van der Waals surface area contributed by atoms with Gasteiger partial charge in [-0.25, -0.2) is 4.79 Å². The number of ketones is 1. The quantitative estimate of drug-likeness (QED) is 0.370. The second kappa shape index (κ2) is 6.37. The van der Waals surface area contributed by atoms with Crippen LogP contribution >= 0.6 is 11.6 Å². The predicted octanol–water partition coefficient (Wildman–Crippen LogP) is 4.05. The zero-order valence-corrected chi connectivity index (χ0v) is 12.2. The first kappa shape index (κ1) is 15.0. The molecule has 21 heavy (non-hydrogen) atoms. The fourth-order valence-corrected chi connectivity index (χ4v) is 1.94. The van der Waals surface area contributed by atoms with Gasteiger partial charge in [0.05, 0.1) is 10.6 Å². The minimum atomic E-state index is -0.575. The highest BCUT2D eigenvalue weighted by Crippen LogP contribution is 2.25. The predicted molar refractivity (Wildman–Crippen MR) is 81.8 cm³/mol. The van der Waals surface area contributed by atoms with Crippen molar-refractivity contribution in [3.63, 3.8) is 0 Å². The Morgan fingerprint density at radius 2 is 1.57 bits per heavy atom. The van der Waals surface area contributed by atoms with E-state index in [0.29, 0.717) is 10.6 Å². The molecule has 0 fully saturated rings. The average molecular weight is 301 g/mol. The van der Waals surface area contributed by atoms with Crippen molar-refractivity contribution in [2.45, 2.75) is 6.92 Å². The smallest absolute Gasteiger partial charge is 0.338 e. The lowest BCUT2D eigenvalue weighted by atomic mass is 10.0. The molecule has 0 amide bonds. The van der Waals surface area contributed by atoms with Crippen LogP contribution in [0.15, 0.2) is 60.7 Å². The number of esters is 1. The van der Waals surface area contributed by atoms with E-state index >= 15 is 0 Å². The van der Waals surface area contributed by atoms with Crippen LogP contribution in [0.25, 0.3) is 0 Å². The highest BCUT2D eigenvalue weighted by Gasteiger charge is 2.18. The summed E-state index contributed by atoms with van der Waals surface area (Å²) < 4.78 is 5.19. The van der Waals surface area contributed by atoms with Crippen molar-refractivity contribution in [2.75, 3.05) is 0 Å². The normalized spacial score (nSPS) is 10.0. The Labute approximate surface area is 127 Å². The van der Waals surface area contributed by atoms with Crippen molar-refractivity contribution in [1.29, 1.82) is 0 Å². The first-order valence-electron chi connectivity index (χ1n) is 6.26. The molecule has 2 rings (SSSR count). The van der Waals surface area contributed by atoms with E-state index in [4.69, 9.17) is 16.3 Å². The third-order valence-corrected chi connectivity index (χ3v) is 3.13. The summed E-state index contributed by atoms with van der Waals surface area (Å²) in [7, 11) is 0. The summed E-state index contributed by atoms with van der Waals surface area (Å²) in [5, 5.41) is 0.350. The Balaban J connectivity index is 2.41. The molecule has 0 radical (unpaired) electrons. The third kappa shape index (κ3) is 3.38. The van der Waals surface area contributed by atoms with Crippen LogP contribution in [0.4, 0.5) is 0 Å². The molecule has 0 unspecified atom stereocenters. The van der Waals surface area contributed by atoms with Crippen molar-refractivity contribution < 1.29 is 14.3 Å². The summed E-state index contributed by atoms with van der Waals surface area (Å²) in [5.74, 6) is -0.685. The maximum atomic E-state index is 12.5. The fourth-order valence-electron chi connectivity index (χ4n) is 1.72. The molecule has 3 nitrogen and oxygen atoms in total. The number of rotatable bonds is 4. The molecule has 0 saturated carbocycles. The number of ether oxygens (including phenoxy) is 1. The van der Waals surface area contributed by atoms with Gasteiger partial charge in [-0.1, -0.05) is 42.4 Å². The summed E-state index contributed by atoms with van der Waals surface area (Å²) in [6.45, 7) is 5.06. The van der Waals surface area contributed by atoms with E-state index in [9.17, 15) is 9.59 Å². The molecular weight excluding hydrogens is 288 g/mol. The Morgan fingerprint density at radius 3 is 2.19 bits per heavy atom. The summed E-state index contributed by atoms with van der Waals surface area (Å²) in [6.07, 6.45) is 0. The molecule has 0 spiro atoms.